The van der Waals surface area contributed by atoms with E-state index in [1.165, 1.54) is 6.34 Å². The average molecular weight is 434 g/mol. The fraction of sp³-hybridized carbons (Fsp3) is 0.550. The number of nitrogens with zero attached hydrogens (tertiary/aromatic N) is 4. The summed E-state index contributed by atoms with van der Waals surface area (Å²) in [7, 11) is 0. The molecule has 0 amide bonds. The third kappa shape index (κ3) is 3.00. The molecule has 1 saturated heterocycles. The molecule has 9 nitrogen and oxygen atoms in total. The lowest BCUT2D eigenvalue weighted by Crippen LogP contribution is -2.56. The maximum Gasteiger partial charge on any atom is 0.162 e. The van der Waals surface area contributed by atoms with Crippen molar-refractivity contribution in [3.05, 3.63) is 34.9 Å². The van der Waals surface area contributed by atoms with Crippen molar-refractivity contribution in [2.75, 3.05) is 13.3 Å². The Bertz CT molecular complexity index is 949. The van der Waals surface area contributed by atoms with Crippen LogP contribution in [0, 0.1) is 0 Å². The van der Waals surface area contributed by atoms with E-state index in [9.17, 15) is 15.3 Å². The van der Waals surface area contributed by atoms with Gasteiger partial charge in [0.15, 0.2) is 17.7 Å². The molecule has 0 radical (unpaired) electrons. The molecule has 160 valence electrons. The second-order valence-electron chi connectivity index (χ2n) is 8.41. The highest BCUT2D eigenvalue weighted by atomic mass is 35.5. The average Bonchev–Trinajstić information content (AvgIpc) is 3.26. The Morgan fingerprint density at radius 1 is 1.23 bits per heavy atom. The lowest BCUT2D eigenvalue weighted by molar-refractivity contribution is -0.0688. The van der Waals surface area contributed by atoms with Gasteiger partial charge in [0.05, 0.1) is 6.61 Å². The van der Waals surface area contributed by atoms with Gasteiger partial charge >= 0.3 is 0 Å². The Kier molecular flexibility index (Phi) is 4.73. The van der Waals surface area contributed by atoms with Gasteiger partial charge in [-0.15, -0.1) is 0 Å². The van der Waals surface area contributed by atoms with Crippen LogP contribution in [0.4, 0.5) is 0 Å². The van der Waals surface area contributed by atoms with Gasteiger partial charge in [-0.1, -0.05) is 29.8 Å². The van der Waals surface area contributed by atoms with E-state index in [4.69, 9.17) is 22.1 Å². The molecule has 5 rings (SSSR count). The quantitative estimate of drug-likeness (QED) is 0.516. The number of aliphatic hydroxyl groups excluding tert-OH is 3. The van der Waals surface area contributed by atoms with Crippen molar-refractivity contribution in [2.24, 2.45) is 20.7 Å². The number of aliphatic imine (C=N–C) groups is 3. The number of amidine groups is 1. The van der Waals surface area contributed by atoms with Crippen molar-refractivity contribution in [3.63, 3.8) is 0 Å². The highest BCUT2D eigenvalue weighted by Crippen LogP contribution is 2.55. The molecule has 0 spiro atoms. The lowest BCUT2D eigenvalue weighted by Gasteiger charge is -2.34. The summed E-state index contributed by atoms with van der Waals surface area (Å²) in [6, 6.07) is 7.79. The summed E-state index contributed by atoms with van der Waals surface area (Å²) < 4.78 is 5.65. The van der Waals surface area contributed by atoms with Gasteiger partial charge in [-0.2, -0.15) is 0 Å². The zero-order valence-corrected chi connectivity index (χ0v) is 17.0. The number of nitrogens with two attached hydrogens (primary N) is 1. The molecule has 1 aromatic carbocycles. The fourth-order valence-corrected chi connectivity index (χ4v) is 5.04. The first-order chi connectivity index (χ1) is 14.4. The van der Waals surface area contributed by atoms with Crippen molar-refractivity contribution in [3.8, 4) is 0 Å². The minimum absolute atomic E-state index is 0.162. The van der Waals surface area contributed by atoms with Crippen molar-refractivity contribution in [2.45, 2.75) is 54.9 Å². The third-order valence-electron chi connectivity index (χ3n) is 6.47. The molecule has 4 aliphatic rings. The molecular weight excluding hydrogens is 410 g/mol. The maximum absolute atomic E-state index is 10.4. The number of aliphatic hydroxyl groups is 3. The van der Waals surface area contributed by atoms with Crippen LogP contribution < -0.4 is 5.73 Å². The van der Waals surface area contributed by atoms with Crippen LogP contribution in [-0.2, 0) is 10.2 Å². The number of benzene rings is 1. The van der Waals surface area contributed by atoms with E-state index in [1.54, 1.807) is 4.90 Å². The number of halogens is 1. The van der Waals surface area contributed by atoms with Gasteiger partial charge in [0.1, 0.15) is 37.0 Å². The number of fused-ring (bicyclic) bond motifs is 1. The first kappa shape index (κ1) is 20.0. The third-order valence-corrected chi connectivity index (χ3v) is 6.80. The van der Waals surface area contributed by atoms with Gasteiger partial charge in [0.2, 0.25) is 0 Å². The maximum atomic E-state index is 10.4. The summed E-state index contributed by atoms with van der Waals surface area (Å²) in [5.74, 6) is 0.470. The van der Waals surface area contributed by atoms with E-state index in [2.05, 4.69) is 15.0 Å². The van der Waals surface area contributed by atoms with Crippen molar-refractivity contribution in [1.82, 2.24) is 4.90 Å². The van der Waals surface area contributed by atoms with Gasteiger partial charge in [-0.05, 0) is 24.5 Å². The van der Waals surface area contributed by atoms with E-state index in [0.717, 1.165) is 18.4 Å². The molecule has 2 fully saturated rings. The van der Waals surface area contributed by atoms with E-state index in [1.807, 2.05) is 24.3 Å². The summed E-state index contributed by atoms with van der Waals surface area (Å²) in [5, 5.41) is 30.6. The molecule has 5 atom stereocenters. The van der Waals surface area contributed by atoms with Crippen molar-refractivity contribution < 1.29 is 20.1 Å². The molecule has 1 aromatic rings. The molecule has 30 heavy (non-hydrogen) atoms. The molecule has 1 aliphatic carbocycles. The molecule has 3 aliphatic heterocycles. The number of hydrogen-bond acceptors (Lipinski definition) is 9. The zero-order chi connectivity index (χ0) is 21.1. The minimum atomic E-state index is -1.21. The normalized spacial score (nSPS) is 36.5. The number of hydrogen-bond donors (Lipinski definition) is 4. The molecule has 5 N–H and O–H groups in total. The van der Waals surface area contributed by atoms with Crippen molar-refractivity contribution in [1.29, 1.82) is 0 Å². The Labute approximate surface area is 178 Å². The van der Waals surface area contributed by atoms with Crippen molar-refractivity contribution >= 4 is 29.5 Å². The SMILES string of the molecule is NC1(CC2(c3ccccc3Cl)CC2)N=CN=C2C1=NCN2[C@@H]1O[C@H](CO)[C@@H](O)[C@H]1O. The summed E-state index contributed by atoms with van der Waals surface area (Å²) in [5.41, 5.74) is 7.11. The van der Waals surface area contributed by atoms with Gasteiger partial charge < -0.3 is 30.7 Å². The second-order valence-corrected chi connectivity index (χ2v) is 8.81. The zero-order valence-electron chi connectivity index (χ0n) is 16.2. The molecule has 1 saturated carbocycles. The molecule has 10 heteroatoms. The number of rotatable bonds is 5. The lowest BCUT2D eigenvalue weighted by atomic mass is 9.83. The summed E-state index contributed by atoms with van der Waals surface area (Å²) >= 11 is 6.46. The topological polar surface area (TPSA) is 136 Å². The van der Waals surface area contributed by atoms with Crippen LogP contribution in [0.3, 0.4) is 0 Å². The van der Waals surface area contributed by atoms with Crippen LogP contribution in [0.25, 0.3) is 0 Å². The minimum Gasteiger partial charge on any atom is -0.394 e. The Morgan fingerprint density at radius 3 is 2.67 bits per heavy atom. The van der Waals surface area contributed by atoms with Gasteiger partial charge in [-0.25, -0.2) is 9.98 Å². The highest BCUT2D eigenvalue weighted by molar-refractivity contribution is 6.47. The molecule has 1 unspecified atom stereocenters. The van der Waals surface area contributed by atoms with E-state index in [0.29, 0.717) is 23.0 Å². The predicted octanol–water partition coefficient (Wildman–Crippen LogP) is 0.0102. The molecule has 0 aromatic heterocycles. The Morgan fingerprint density at radius 2 is 2.00 bits per heavy atom. The first-order valence-electron chi connectivity index (χ1n) is 9.98. The highest BCUT2D eigenvalue weighted by Gasteiger charge is 2.55. The molecule has 0 bridgehead atoms. The summed E-state index contributed by atoms with van der Waals surface area (Å²) in [4.78, 5) is 15.1. The van der Waals surface area contributed by atoms with Crippen LogP contribution in [0.1, 0.15) is 24.8 Å². The monoisotopic (exact) mass is 433 g/mol. The van der Waals surface area contributed by atoms with Crippen LogP contribution in [0.2, 0.25) is 5.02 Å². The largest absolute Gasteiger partial charge is 0.394 e. The number of ether oxygens (including phenoxy) is 1. The Hall–Kier alpha value is -1.88. The summed E-state index contributed by atoms with van der Waals surface area (Å²) in [6.07, 6.45) is -0.287. The van der Waals surface area contributed by atoms with E-state index < -0.39 is 36.8 Å². The standard InChI is InChI=1S/C20H24ClN5O4/c21-12-4-2-1-3-11(12)19(5-6-19)8-20(22)16-17(23-9-25-20)26(10-24-16)18-15(29)14(28)13(7-27)30-18/h1-4,9,13-15,18,27-29H,5-8,10,22H2/t13-,14-,15-,18-,20?/m1/s1. The Balaban J connectivity index is 1.40. The smallest absolute Gasteiger partial charge is 0.162 e. The van der Waals surface area contributed by atoms with Gasteiger partial charge in [-0.3, -0.25) is 4.99 Å². The predicted molar refractivity (Wildman–Crippen MR) is 112 cm³/mol. The van der Waals surface area contributed by atoms with Crippen LogP contribution in [-0.4, -0.2) is 81.6 Å². The van der Waals surface area contributed by atoms with Gasteiger partial charge in [0.25, 0.3) is 0 Å². The molecular formula is C20H24ClN5O4. The fourth-order valence-electron chi connectivity index (χ4n) is 4.70. The van der Waals surface area contributed by atoms with Crippen LogP contribution in [0.5, 0.6) is 0 Å². The second kappa shape index (κ2) is 7.08. The molecule has 3 heterocycles. The first-order valence-corrected chi connectivity index (χ1v) is 10.4. The van der Waals surface area contributed by atoms with E-state index >= 15 is 0 Å². The van der Waals surface area contributed by atoms with Crippen LogP contribution >= 0.6 is 11.6 Å². The summed E-state index contributed by atoms with van der Waals surface area (Å²) in [6.45, 7) is -0.229. The van der Waals surface area contributed by atoms with Gasteiger partial charge in [0, 0.05) is 16.9 Å². The van der Waals surface area contributed by atoms with Crippen LogP contribution in [0.15, 0.2) is 39.2 Å². The van der Waals surface area contributed by atoms with E-state index in [-0.39, 0.29) is 12.1 Å².